The van der Waals surface area contributed by atoms with E-state index in [9.17, 15) is 4.79 Å². The molecule has 1 N–H and O–H groups in total. The fourth-order valence-corrected chi connectivity index (χ4v) is 2.69. The zero-order chi connectivity index (χ0) is 18.4. The van der Waals surface area contributed by atoms with Gasteiger partial charge in [0.15, 0.2) is 0 Å². The number of amides is 1. The Labute approximate surface area is 156 Å². The third-order valence-electron chi connectivity index (χ3n) is 3.75. The van der Waals surface area contributed by atoms with Crippen LogP contribution in [0, 0.1) is 0 Å². The summed E-state index contributed by atoms with van der Waals surface area (Å²) in [7, 11) is 1.63. The summed E-state index contributed by atoms with van der Waals surface area (Å²) in [6, 6.07) is 14.3. The second kappa shape index (κ2) is 8.60. The van der Waals surface area contributed by atoms with E-state index in [2.05, 4.69) is 15.5 Å². The van der Waals surface area contributed by atoms with Crippen LogP contribution in [0.2, 0.25) is 5.02 Å². The molecule has 26 heavy (non-hydrogen) atoms. The second-order valence-electron chi connectivity index (χ2n) is 5.55. The first kappa shape index (κ1) is 18.1. The normalized spacial score (nSPS) is 10.7. The summed E-state index contributed by atoms with van der Waals surface area (Å²) in [5.74, 6) is 0.442. The van der Waals surface area contributed by atoms with Crippen LogP contribution < -0.4 is 5.32 Å². The van der Waals surface area contributed by atoms with Crippen molar-refractivity contribution in [3.05, 3.63) is 59.1 Å². The Balaban J connectivity index is 1.84. The topological polar surface area (TPSA) is 77.2 Å². The number of halogens is 1. The van der Waals surface area contributed by atoms with Gasteiger partial charge in [0.2, 0.25) is 5.82 Å². The number of hydrogen-bond donors (Lipinski definition) is 1. The predicted molar refractivity (Wildman–Crippen MR) is 99.0 cm³/mol. The van der Waals surface area contributed by atoms with Crippen LogP contribution in [0.1, 0.15) is 16.8 Å². The van der Waals surface area contributed by atoms with Crippen molar-refractivity contribution in [1.29, 1.82) is 0 Å². The molecule has 0 fully saturated rings. The number of nitrogens with zero attached hydrogens (tertiary/aromatic N) is 2. The second-order valence-corrected chi connectivity index (χ2v) is 5.96. The van der Waals surface area contributed by atoms with E-state index in [1.807, 2.05) is 24.3 Å². The first-order valence-electron chi connectivity index (χ1n) is 8.16. The minimum Gasteiger partial charge on any atom is -0.385 e. The van der Waals surface area contributed by atoms with Crippen molar-refractivity contribution in [2.24, 2.45) is 0 Å². The monoisotopic (exact) mass is 371 g/mol. The van der Waals surface area contributed by atoms with Crippen molar-refractivity contribution in [1.82, 2.24) is 15.5 Å². The van der Waals surface area contributed by atoms with E-state index in [4.69, 9.17) is 20.9 Å². The van der Waals surface area contributed by atoms with Crippen LogP contribution in [0.5, 0.6) is 0 Å². The molecule has 0 atom stereocenters. The lowest BCUT2D eigenvalue weighted by atomic mass is 10.1. The number of nitrogens with one attached hydrogen (secondary N) is 1. The fraction of sp³-hybridized carbons (Fsp3) is 0.211. The van der Waals surface area contributed by atoms with E-state index in [0.717, 1.165) is 6.42 Å². The molecule has 0 saturated carbocycles. The molecule has 1 heterocycles. The van der Waals surface area contributed by atoms with Crippen molar-refractivity contribution in [3.8, 4) is 22.8 Å². The molecule has 0 aliphatic rings. The van der Waals surface area contributed by atoms with Crippen molar-refractivity contribution in [2.75, 3.05) is 20.3 Å². The Bertz CT molecular complexity index is 895. The largest absolute Gasteiger partial charge is 0.385 e. The zero-order valence-electron chi connectivity index (χ0n) is 14.2. The molecule has 1 aromatic heterocycles. The van der Waals surface area contributed by atoms with Gasteiger partial charge in [0, 0.05) is 25.8 Å². The van der Waals surface area contributed by atoms with Gasteiger partial charge >= 0.3 is 0 Å². The quantitative estimate of drug-likeness (QED) is 0.639. The summed E-state index contributed by atoms with van der Waals surface area (Å²) in [6.07, 6.45) is 0.738. The van der Waals surface area contributed by atoms with E-state index in [0.29, 0.717) is 40.7 Å². The molecule has 2 aromatic carbocycles. The molecule has 0 aliphatic carbocycles. The van der Waals surface area contributed by atoms with E-state index < -0.39 is 0 Å². The zero-order valence-corrected chi connectivity index (χ0v) is 15.0. The summed E-state index contributed by atoms with van der Waals surface area (Å²) in [5, 5.41) is 7.38. The molecule has 3 aromatic rings. The maximum absolute atomic E-state index is 12.5. The van der Waals surface area contributed by atoms with E-state index in [1.165, 1.54) is 0 Å². The Morgan fingerprint density at radius 2 is 1.88 bits per heavy atom. The van der Waals surface area contributed by atoms with Gasteiger partial charge in [-0.1, -0.05) is 41.0 Å². The summed E-state index contributed by atoms with van der Waals surface area (Å²) in [5.41, 5.74) is 1.72. The third-order valence-corrected chi connectivity index (χ3v) is 4.08. The number of aromatic nitrogens is 2. The van der Waals surface area contributed by atoms with Crippen LogP contribution >= 0.6 is 11.6 Å². The maximum atomic E-state index is 12.5. The van der Waals surface area contributed by atoms with Crippen LogP contribution in [0.4, 0.5) is 0 Å². The summed E-state index contributed by atoms with van der Waals surface area (Å²) in [4.78, 5) is 16.9. The first-order valence-corrected chi connectivity index (χ1v) is 8.53. The number of carbonyl (C=O) groups excluding carboxylic acids is 1. The average Bonchev–Trinajstić information content (AvgIpc) is 3.15. The fourth-order valence-electron chi connectivity index (χ4n) is 2.47. The average molecular weight is 372 g/mol. The molecule has 6 nitrogen and oxygen atoms in total. The minimum atomic E-state index is -0.200. The molecule has 0 spiro atoms. The summed E-state index contributed by atoms with van der Waals surface area (Å²) in [6.45, 7) is 1.11. The number of benzene rings is 2. The van der Waals surface area contributed by atoms with Gasteiger partial charge in [-0.3, -0.25) is 4.79 Å². The van der Waals surface area contributed by atoms with Crippen LogP contribution in [0.25, 0.3) is 22.8 Å². The van der Waals surface area contributed by atoms with Gasteiger partial charge in [-0.15, -0.1) is 0 Å². The SMILES string of the molecule is COCCCNC(=O)c1ccccc1-c1nc(-c2ccccc2Cl)no1. The highest BCUT2D eigenvalue weighted by Gasteiger charge is 2.18. The summed E-state index contributed by atoms with van der Waals surface area (Å²) < 4.78 is 10.4. The van der Waals surface area contributed by atoms with Gasteiger partial charge in [0.25, 0.3) is 11.8 Å². The molecule has 134 valence electrons. The van der Waals surface area contributed by atoms with Crippen LogP contribution in [-0.4, -0.2) is 36.3 Å². The molecular weight excluding hydrogens is 354 g/mol. The maximum Gasteiger partial charge on any atom is 0.259 e. The van der Waals surface area contributed by atoms with Crippen molar-refractivity contribution < 1.29 is 14.1 Å². The Kier molecular flexibility index (Phi) is 5.99. The van der Waals surface area contributed by atoms with Gasteiger partial charge in [0.05, 0.1) is 16.1 Å². The van der Waals surface area contributed by atoms with Gasteiger partial charge in [-0.2, -0.15) is 4.98 Å². The molecule has 0 aliphatic heterocycles. The van der Waals surface area contributed by atoms with Gasteiger partial charge in [-0.05, 0) is 30.7 Å². The van der Waals surface area contributed by atoms with E-state index in [-0.39, 0.29) is 11.8 Å². The Morgan fingerprint density at radius 3 is 2.65 bits per heavy atom. The van der Waals surface area contributed by atoms with Gasteiger partial charge < -0.3 is 14.6 Å². The minimum absolute atomic E-state index is 0.200. The Hall–Kier alpha value is -2.70. The lowest BCUT2D eigenvalue weighted by molar-refractivity contribution is 0.0949. The molecule has 0 radical (unpaired) electrons. The summed E-state index contributed by atoms with van der Waals surface area (Å²) >= 11 is 6.18. The first-order chi connectivity index (χ1) is 12.7. The van der Waals surface area contributed by atoms with Crippen LogP contribution in [0.15, 0.2) is 53.1 Å². The third kappa shape index (κ3) is 4.09. The van der Waals surface area contributed by atoms with Crippen molar-refractivity contribution >= 4 is 17.5 Å². The standard InChI is InChI=1S/C19H18ClN3O3/c1-25-12-6-11-21-18(24)13-7-2-3-8-14(13)19-22-17(23-26-19)15-9-4-5-10-16(15)20/h2-5,7-10H,6,11-12H2,1H3,(H,21,24). The highest BCUT2D eigenvalue weighted by molar-refractivity contribution is 6.33. The highest BCUT2D eigenvalue weighted by Crippen LogP contribution is 2.28. The number of ether oxygens (including phenoxy) is 1. The van der Waals surface area contributed by atoms with Crippen molar-refractivity contribution in [3.63, 3.8) is 0 Å². The molecular formula is C19H18ClN3O3. The number of methoxy groups -OCH3 is 1. The van der Waals surface area contributed by atoms with Crippen LogP contribution in [-0.2, 0) is 4.74 Å². The molecule has 7 heteroatoms. The number of hydrogen-bond acceptors (Lipinski definition) is 5. The molecule has 0 bridgehead atoms. The highest BCUT2D eigenvalue weighted by atomic mass is 35.5. The Morgan fingerprint density at radius 1 is 1.15 bits per heavy atom. The lowest BCUT2D eigenvalue weighted by Crippen LogP contribution is -2.25. The van der Waals surface area contributed by atoms with Gasteiger partial charge in [-0.25, -0.2) is 0 Å². The lowest BCUT2D eigenvalue weighted by Gasteiger charge is -2.07. The molecule has 1 amide bonds. The predicted octanol–water partition coefficient (Wildman–Crippen LogP) is 3.82. The van der Waals surface area contributed by atoms with E-state index in [1.54, 1.807) is 31.4 Å². The van der Waals surface area contributed by atoms with Gasteiger partial charge in [0.1, 0.15) is 0 Å². The van der Waals surface area contributed by atoms with Crippen molar-refractivity contribution in [2.45, 2.75) is 6.42 Å². The molecule has 0 saturated heterocycles. The van der Waals surface area contributed by atoms with E-state index >= 15 is 0 Å². The van der Waals surface area contributed by atoms with Crippen LogP contribution in [0.3, 0.4) is 0 Å². The number of rotatable bonds is 7. The molecule has 3 rings (SSSR count). The number of carbonyl (C=O) groups is 1. The molecule has 0 unspecified atom stereocenters. The smallest absolute Gasteiger partial charge is 0.259 e.